The average molecular weight is 323 g/mol. The van der Waals surface area contributed by atoms with Gasteiger partial charge in [0.1, 0.15) is 5.75 Å². The van der Waals surface area contributed by atoms with Crippen LogP contribution >= 0.6 is 19.2 Å². The zero-order chi connectivity index (χ0) is 15.3. The van der Waals surface area contributed by atoms with Crippen LogP contribution in [-0.4, -0.2) is 27.7 Å². The molecule has 0 spiro atoms. The summed E-state index contributed by atoms with van der Waals surface area (Å²) in [5.41, 5.74) is 0. The summed E-state index contributed by atoms with van der Waals surface area (Å²) in [6.45, 7) is 2.95. The van der Waals surface area contributed by atoms with Crippen LogP contribution in [0.25, 0.3) is 0 Å². The number of esters is 1. The van der Waals surface area contributed by atoms with E-state index in [1.165, 1.54) is 13.8 Å². The Labute approximate surface area is 121 Å². The summed E-state index contributed by atoms with van der Waals surface area (Å²) in [6, 6.07) is 6.34. The number of carbonyl (C=O) groups excluding carboxylic acids is 1. The van der Waals surface area contributed by atoms with Crippen molar-refractivity contribution in [2.75, 3.05) is 0 Å². The first-order chi connectivity index (χ1) is 9.24. The Morgan fingerprint density at radius 2 is 1.90 bits per heavy atom. The molecule has 0 heterocycles. The molecule has 0 saturated carbocycles. The minimum atomic E-state index is -4.47. The van der Waals surface area contributed by atoms with E-state index in [0.717, 1.165) is 0 Å². The van der Waals surface area contributed by atoms with E-state index in [2.05, 4.69) is 0 Å². The van der Waals surface area contributed by atoms with Crippen LogP contribution in [0, 0.1) is 0 Å². The second-order valence-corrected chi connectivity index (χ2v) is 6.29. The van der Waals surface area contributed by atoms with Gasteiger partial charge in [0.25, 0.3) is 0 Å². The smallest absolute Gasteiger partial charge is 0.365 e. The predicted octanol–water partition coefficient (Wildman–Crippen LogP) is 2.56. The van der Waals surface area contributed by atoms with E-state index >= 15 is 0 Å². The highest BCUT2D eigenvalue weighted by atomic mass is 35.5. The Balaban J connectivity index is 2.63. The molecule has 1 aromatic rings. The van der Waals surface area contributed by atoms with Crippen molar-refractivity contribution in [2.24, 2.45) is 0 Å². The molecule has 0 aliphatic rings. The van der Waals surface area contributed by atoms with E-state index in [1.807, 2.05) is 0 Å². The lowest BCUT2D eigenvalue weighted by molar-refractivity contribution is -0.153. The second kappa shape index (κ2) is 7.09. The lowest BCUT2D eigenvalue weighted by Crippen LogP contribution is -2.30. The van der Waals surface area contributed by atoms with Gasteiger partial charge in [-0.3, -0.25) is 4.57 Å². The molecule has 1 rings (SSSR count). The summed E-state index contributed by atoms with van der Waals surface area (Å²) >= 11 is 5.71. The molecule has 0 aliphatic carbocycles. The topological polar surface area (TPSA) is 93.1 Å². The molecule has 0 saturated heterocycles. The van der Waals surface area contributed by atoms with Gasteiger partial charge in [0.2, 0.25) is 5.85 Å². The fourth-order valence-electron chi connectivity index (χ4n) is 1.39. The van der Waals surface area contributed by atoms with Gasteiger partial charge in [-0.1, -0.05) is 18.5 Å². The Kier molecular flexibility index (Phi) is 6.02. The minimum absolute atomic E-state index is 0.0175. The third-order valence-corrected chi connectivity index (χ3v) is 3.91. The van der Waals surface area contributed by atoms with Gasteiger partial charge in [-0.05, 0) is 37.6 Å². The first-order valence-corrected chi connectivity index (χ1v) is 7.98. The predicted molar refractivity (Wildman–Crippen MR) is 73.8 cm³/mol. The van der Waals surface area contributed by atoms with Crippen LogP contribution in [0.15, 0.2) is 24.3 Å². The number of ether oxygens (including phenoxy) is 2. The Morgan fingerprint density at radius 1 is 1.35 bits per heavy atom. The lowest BCUT2D eigenvalue weighted by atomic mass is 10.3. The van der Waals surface area contributed by atoms with Gasteiger partial charge in [0, 0.05) is 5.02 Å². The van der Waals surface area contributed by atoms with Gasteiger partial charge >= 0.3 is 13.6 Å². The highest BCUT2D eigenvalue weighted by Crippen LogP contribution is 2.43. The number of carbonyl (C=O) groups is 1. The van der Waals surface area contributed by atoms with Crippen LogP contribution in [0.3, 0.4) is 0 Å². The largest absolute Gasteiger partial charge is 0.479 e. The summed E-state index contributed by atoms with van der Waals surface area (Å²) in [4.78, 5) is 29.7. The van der Waals surface area contributed by atoms with E-state index in [4.69, 9.17) is 30.9 Å². The highest BCUT2D eigenvalue weighted by Gasteiger charge is 2.32. The van der Waals surface area contributed by atoms with Crippen molar-refractivity contribution in [1.29, 1.82) is 0 Å². The third kappa shape index (κ3) is 5.13. The molecule has 0 bridgehead atoms. The zero-order valence-corrected chi connectivity index (χ0v) is 12.7. The molecule has 1 aromatic carbocycles. The summed E-state index contributed by atoms with van der Waals surface area (Å²) in [5, 5.41) is 0.528. The Morgan fingerprint density at radius 3 is 2.35 bits per heavy atom. The molecule has 0 aromatic heterocycles. The minimum Gasteiger partial charge on any atom is -0.479 e. The van der Waals surface area contributed by atoms with Gasteiger partial charge < -0.3 is 19.3 Å². The van der Waals surface area contributed by atoms with Gasteiger partial charge in [0.15, 0.2) is 6.10 Å². The number of halogens is 1. The standard InChI is InChI=1S/C12H16ClO6P/c1-3-11(20(15,16)17)19-12(14)8(2)18-10-6-4-9(13)5-7-10/h4-8,11H,3H2,1-2H3,(H2,15,16,17). The van der Waals surface area contributed by atoms with E-state index in [0.29, 0.717) is 10.8 Å². The molecule has 20 heavy (non-hydrogen) atoms. The van der Waals surface area contributed by atoms with Gasteiger partial charge in [0.05, 0.1) is 0 Å². The van der Waals surface area contributed by atoms with Gasteiger partial charge in [-0.25, -0.2) is 4.79 Å². The van der Waals surface area contributed by atoms with E-state index < -0.39 is 25.5 Å². The van der Waals surface area contributed by atoms with E-state index in [9.17, 15) is 9.36 Å². The zero-order valence-electron chi connectivity index (χ0n) is 11.0. The maximum Gasteiger partial charge on any atom is 0.365 e. The van der Waals surface area contributed by atoms with Crippen LogP contribution < -0.4 is 4.74 Å². The van der Waals surface area contributed by atoms with Crippen molar-refractivity contribution in [1.82, 2.24) is 0 Å². The SMILES string of the molecule is CCC(OC(=O)C(C)Oc1ccc(Cl)cc1)P(=O)(O)O. The number of hydrogen-bond acceptors (Lipinski definition) is 4. The third-order valence-electron chi connectivity index (χ3n) is 2.44. The van der Waals surface area contributed by atoms with Gasteiger partial charge in [-0.2, -0.15) is 0 Å². The normalized spacial score (nSPS) is 14.4. The molecule has 0 radical (unpaired) electrons. The maximum absolute atomic E-state index is 11.7. The molecule has 2 unspecified atom stereocenters. The summed E-state index contributed by atoms with van der Waals surface area (Å²) in [6.07, 6.45) is -0.972. The van der Waals surface area contributed by atoms with Crippen molar-refractivity contribution < 1.29 is 28.6 Å². The van der Waals surface area contributed by atoms with E-state index in [1.54, 1.807) is 24.3 Å². The van der Waals surface area contributed by atoms with Crippen molar-refractivity contribution in [3.63, 3.8) is 0 Å². The van der Waals surface area contributed by atoms with Crippen LogP contribution in [-0.2, 0) is 14.1 Å². The number of benzene rings is 1. The quantitative estimate of drug-likeness (QED) is 0.617. The maximum atomic E-state index is 11.7. The summed E-state index contributed by atoms with van der Waals surface area (Å²) in [7, 11) is -4.47. The Bertz CT molecular complexity index is 497. The van der Waals surface area contributed by atoms with E-state index in [-0.39, 0.29) is 6.42 Å². The van der Waals surface area contributed by atoms with Crippen LogP contribution in [0.1, 0.15) is 20.3 Å². The second-order valence-electron chi connectivity index (χ2n) is 4.10. The van der Waals surface area contributed by atoms with Crippen molar-refractivity contribution >= 4 is 25.2 Å². The van der Waals surface area contributed by atoms with Crippen molar-refractivity contribution in [3.8, 4) is 5.75 Å². The average Bonchev–Trinajstić information content (AvgIpc) is 2.36. The first-order valence-electron chi connectivity index (χ1n) is 5.92. The fraction of sp³-hybridized carbons (Fsp3) is 0.417. The van der Waals surface area contributed by atoms with Gasteiger partial charge in [-0.15, -0.1) is 0 Å². The monoisotopic (exact) mass is 322 g/mol. The van der Waals surface area contributed by atoms with Crippen LogP contribution in [0.4, 0.5) is 0 Å². The number of rotatable bonds is 6. The molecule has 8 heteroatoms. The highest BCUT2D eigenvalue weighted by molar-refractivity contribution is 7.52. The van der Waals surface area contributed by atoms with Crippen LogP contribution in [0.2, 0.25) is 5.02 Å². The molecule has 2 N–H and O–H groups in total. The molecule has 0 fully saturated rings. The lowest BCUT2D eigenvalue weighted by Gasteiger charge is -2.20. The first kappa shape index (κ1) is 17.0. The summed E-state index contributed by atoms with van der Waals surface area (Å²) in [5.74, 6) is -1.88. The van der Waals surface area contributed by atoms with Crippen molar-refractivity contribution in [3.05, 3.63) is 29.3 Å². The van der Waals surface area contributed by atoms with Crippen LogP contribution in [0.5, 0.6) is 5.75 Å². The molecule has 0 aliphatic heterocycles. The molecule has 6 nitrogen and oxygen atoms in total. The molecule has 2 atom stereocenters. The molecule has 112 valence electrons. The molecular weight excluding hydrogens is 307 g/mol. The van der Waals surface area contributed by atoms with Crippen molar-refractivity contribution in [2.45, 2.75) is 32.2 Å². The fourth-order valence-corrected chi connectivity index (χ4v) is 2.23. The molecular formula is C12H16ClO6P. The summed E-state index contributed by atoms with van der Waals surface area (Å²) < 4.78 is 21.1. The number of hydrogen-bond donors (Lipinski definition) is 2. The molecule has 0 amide bonds. The Hall–Kier alpha value is -1.07.